The summed E-state index contributed by atoms with van der Waals surface area (Å²) in [4.78, 5) is 11.1. The van der Waals surface area contributed by atoms with Crippen molar-refractivity contribution in [3.8, 4) is 0 Å². The molecule has 0 aromatic rings. The normalized spacial score (nSPS) is 11.9. The second kappa shape index (κ2) is 16.5. The number of unbranched alkanes of at least 4 members (excludes halogenated alkanes) is 8. The standard InChI is InChI=1S/C16H32O2.Na.H/c1-3-5-7-9-10-12-14-15(16(17)18)13-11-8-6-4-2;;/h15H,3-14H2,1-2H3,(H,17,18);;/q;+1;-1. The van der Waals surface area contributed by atoms with Crippen LogP contribution in [0.4, 0.5) is 0 Å². The van der Waals surface area contributed by atoms with Gasteiger partial charge in [-0.3, -0.25) is 4.79 Å². The Morgan fingerprint density at radius 3 is 1.63 bits per heavy atom. The molecule has 0 aromatic heterocycles. The second-order valence-corrected chi connectivity index (χ2v) is 5.44. The van der Waals surface area contributed by atoms with Gasteiger partial charge in [0.05, 0.1) is 5.92 Å². The first-order valence-electron chi connectivity index (χ1n) is 7.95. The minimum absolute atomic E-state index is 0. The third-order valence-electron chi connectivity index (χ3n) is 3.66. The summed E-state index contributed by atoms with van der Waals surface area (Å²) in [6.07, 6.45) is 14.0. The third kappa shape index (κ3) is 14.7. The van der Waals surface area contributed by atoms with Crippen molar-refractivity contribution in [1.82, 2.24) is 0 Å². The average Bonchev–Trinajstić information content (AvgIpc) is 2.35. The zero-order chi connectivity index (χ0) is 13.6. The quantitative estimate of drug-likeness (QED) is 0.416. The van der Waals surface area contributed by atoms with Gasteiger partial charge in [-0.1, -0.05) is 78.1 Å². The fourth-order valence-electron chi connectivity index (χ4n) is 2.38. The maximum absolute atomic E-state index is 11.1. The Bertz CT molecular complexity index is 201. The van der Waals surface area contributed by atoms with Gasteiger partial charge in [0.15, 0.2) is 0 Å². The summed E-state index contributed by atoms with van der Waals surface area (Å²) in [7, 11) is 0. The molecule has 0 aliphatic carbocycles. The fourth-order valence-corrected chi connectivity index (χ4v) is 2.38. The molecule has 1 N–H and O–H groups in total. The Labute approximate surface area is 143 Å². The summed E-state index contributed by atoms with van der Waals surface area (Å²) in [6.45, 7) is 4.40. The van der Waals surface area contributed by atoms with Gasteiger partial charge in [0.2, 0.25) is 0 Å². The summed E-state index contributed by atoms with van der Waals surface area (Å²) in [6, 6.07) is 0. The van der Waals surface area contributed by atoms with Crippen molar-refractivity contribution in [2.24, 2.45) is 5.92 Å². The molecule has 0 saturated carbocycles. The Hall–Kier alpha value is 0.470. The maximum Gasteiger partial charge on any atom is 1.00 e. The van der Waals surface area contributed by atoms with Crippen molar-refractivity contribution in [3.63, 3.8) is 0 Å². The largest absolute Gasteiger partial charge is 1.00 e. The molecule has 0 aliphatic rings. The van der Waals surface area contributed by atoms with Gasteiger partial charge in [-0.2, -0.15) is 0 Å². The van der Waals surface area contributed by atoms with Crippen LogP contribution in [0.3, 0.4) is 0 Å². The fraction of sp³-hybridized carbons (Fsp3) is 0.938. The molecule has 0 saturated heterocycles. The van der Waals surface area contributed by atoms with E-state index in [4.69, 9.17) is 0 Å². The molecule has 0 spiro atoms. The zero-order valence-corrected chi connectivity index (χ0v) is 15.4. The van der Waals surface area contributed by atoms with Gasteiger partial charge in [0, 0.05) is 0 Å². The number of carboxylic acids is 1. The van der Waals surface area contributed by atoms with E-state index in [1.165, 1.54) is 51.4 Å². The van der Waals surface area contributed by atoms with E-state index < -0.39 is 5.97 Å². The minimum atomic E-state index is -0.583. The molecule has 0 amide bonds. The van der Waals surface area contributed by atoms with Crippen molar-refractivity contribution in [1.29, 1.82) is 0 Å². The molecule has 0 radical (unpaired) electrons. The van der Waals surface area contributed by atoms with Gasteiger partial charge >= 0.3 is 35.5 Å². The van der Waals surface area contributed by atoms with Crippen molar-refractivity contribution in [3.05, 3.63) is 0 Å². The van der Waals surface area contributed by atoms with Gasteiger partial charge < -0.3 is 6.53 Å². The Morgan fingerprint density at radius 1 is 0.842 bits per heavy atom. The second-order valence-electron chi connectivity index (χ2n) is 5.44. The van der Waals surface area contributed by atoms with E-state index in [1.807, 2.05) is 0 Å². The monoisotopic (exact) mass is 280 g/mol. The molecular weight excluding hydrogens is 247 g/mol. The van der Waals surface area contributed by atoms with Crippen LogP contribution < -0.4 is 29.6 Å². The molecule has 0 fully saturated rings. The summed E-state index contributed by atoms with van der Waals surface area (Å²) < 4.78 is 0. The molecule has 0 aliphatic heterocycles. The number of hydrogen-bond acceptors (Lipinski definition) is 1. The first kappa shape index (κ1) is 21.8. The first-order chi connectivity index (χ1) is 8.72. The molecule has 2 nitrogen and oxygen atoms in total. The predicted molar refractivity (Wildman–Crippen MR) is 79.0 cm³/mol. The predicted octanol–water partition coefficient (Wildman–Crippen LogP) is 2.52. The van der Waals surface area contributed by atoms with Gasteiger partial charge in [0.25, 0.3) is 0 Å². The minimum Gasteiger partial charge on any atom is -1.00 e. The van der Waals surface area contributed by atoms with E-state index in [0.717, 1.165) is 25.7 Å². The first-order valence-corrected chi connectivity index (χ1v) is 7.95. The van der Waals surface area contributed by atoms with Crippen LogP contribution in [0.25, 0.3) is 0 Å². The average molecular weight is 280 g/mol. The molecule has 0 aromatic carbocycles. The zero-order valence-electron chi connectivity index (χ0n) is 14.4. The topological polar surface area (TPSA) is 37.3 Å². The van der Waals surface area contributed by atoms with Crippen molar-refractivity contribution >= 4 is 5.97 Å². The van der Waals surface area contributed by atoms with Gasteiger partial charge in [-0.05, 0) is 12.8 Å². The van der Waals surface area contributed by atoms with E-state index in [-0.39, 0.29) is 36.9 Å². The number of hydrogen-bond donors (Lipinski definition) is 1. The molecule has 19 heavy (non-hydrogen) atoms. The Balaban J connectivity index is -0.00000144. The third-order valence-corrected chi connectivity index (χ3v) is 3.66. The maximum atomic E-state index is 11.1. The molecular formula is C16H33NaO2. The molecule has 1 atom stereocenters. The van der Waals surface area contributed by atoms with Gasteiger partial charge in [-0.25, -0.2) is 0 Å². The summed E-state index contributed by atoms with van der Waals surface area (Å²) >= 11 is 0. The summed E-state index contributed by atoms with van der Waals surface area (Å²) in [5.74, 6) is -0.673. The summed E-state index contributed by atoms with van der Waals surface area (Å²) in [5.41, 5.74) is 0. The van der Waals surface area contributed by atoms with Crippen molar-refractivity contribution in [2.45, 2.75) is 90.9 Å². The summed E-state index contributed by atoms with van der Waals surface area (Å²) in [5, 5.41) is 9.17. The van der Waals surface area contributed by atoms with E-state index >= 15 is 0 Å². The van der Waals surface area contributed by atoms with Crippen molar-refractivity contribution in [2.75, 3.05) is 0 Å². The van der Waals surface area contributed by atoms with Gasteiger partial charge in [0.1, 0.15) is 0 Å². The van der Waals surface area contributed by atoms with E-state index in [9.17, 15) is 9.90 Å². The van der Waals surface area contributed by atoms with Crippen LogP contribution >= 0.6 is 0 Å². The van der Waals surface area contributed by atoms with Crippen LogP contribution in [0.1, 0.15) is 92.3 Å². The Kier molecular flexibility index (Phi) is 18.9. The van der Waals surface area contributed by atoms with Crippen LogP contribution in [0.5, 0.6) is 0 Å². The van der Waals surface area contributed by atoms with E-state index in [2.05, 4.69) is 13.8 Å². The smallest absolute Gasteiger partial charge is 1.00 e. The number of rotatable bonds is 13. The molecule has 0 heterocycles. The van der Waals surface area contributed by atoms with E-state index in [0.29, 0.717) is 0 Å². The van der Waals surface area contributed by atoms with Crippen LogP contribution in [-0.4, -0.2) is 11.1 Å². The Morgan fingerprint density at radius 2 is 1.21 bits per heavy atom. The SMILES string of the molecule is CCCCCCCCC(CCCCCC)C(=O)O.[H-].[Na+]. The number of carbonyl (C=O) groups is 1. The van der Waals surface area contributed by atoms with Crippen LogP contribution in [0.15, 0.2) is 0 Å². The number of carboxylic acid groups (broad SMARTS) is 1. The van der Waals surface area contributed by atoms with Crippen LogP contribution in [-0.2, 0) is 4.79 Å². The van der Waals surface area contributed by atoms with Gasteiger partial charge in [-0.15, -0.1) is 0 Å². The molecule has 1 unspecified atom stereocenters. The molecule has 110 valence electrons. The molecule has 3 heteroatoms. The molecule has 0 rings (SSSR count). The van der Waals surface area contributed by atoms with Crippen LogP contribution in [0.2, 0.25) is 0 Å². The number of aliphatic carboxylic acids is 1. The molecule has 0 bridgehead atoms. The van der Waals surface area contributed by atoms with Crippen molar-refractivity contribution < 1.29 is 40.9 Å². The van der Waals surface area contributed by atoms with Crippen LogP contribution in [0, 0.1) is 5.92 Å². The van der Waals surface area contributed by atoms with E-state index in [1.54, 1.807) is 0 Å².